The minimum Gasteiger partial charge on any atom is -0.494 e. The molecule has 0 bridgehead atoms. The lowest BCUT2D eigenvalue weighted by molar-refractivity contribution is -0.114. The fourth-order valence-electron chi connectivity index (χ4n) is 2.86. The van der Waals surface area contributed by atoms with Crippen LogP contribution in [0.5, 0.6) is 5.75 Å². The van der Waals surface area contributed by atoms with Gasteiger partial charge in [0.1, 0.15) is 11.3 Å². The first kappa shape index (κ1) is 20.0. The number of aromatic nitrogens is 1. The van der Waals surface area contributed by atoms with Crippen LogP contribution < -0.4 is 9.64 Å². The molecule has 0 saturated carbocycles. The molecule has 0 atom stereocenters. The highest BCUT2D eigenvalue weighted by atomic mass is 32.1. The molecule has 146 valence electrons. The number of nitrogens with zero attached hydrogens (tertiary/aromatic N) is 3. The molecule has 0 unspecified atom stereocenters. The Hall–Kier alpha value is -2.70. The lowest BCUT2D eigenvalue weighted by atomic mass is 10.2. The van der Waals surface area contributed by atoms with Crippen LogP contribution in [0, 0.1) is 0 Å². The molecular weight excluding hydrogens is 370 g/mol. The number of carbonyl (C=O) groups is 1. The minimum atomic E-state index is -0.0689. The molecular formula is C22H25N3O2S. The SMILES string of the molecule is COc1cccc2sc(N(CCCN(C)C)C(=O)C=Cc3ccccc3)nc12. The normalized spacial score (nSPS) is 11.4. The second kappa shape index (κ2) is 9.48. The molecule has 5 nitrogen and oxygen atoms in total. The maximum atomic E-state index is 13.0. The van der Waals surface area contributed by atoms with Crippen molar-refractivity contribution < 1.29 is 9.53 Å². The van der Waals surface area contributed by atoms with E-state index < -0.39 is 0 Å². The van der Waals surface area contributed by atoms with Crippen molar-refractivity contribution in [1.29, 1.82) is 0 Å². The molecule has 1 heterocycles. The van der Waals surface area contributed by atoms with Crippen LogP contribution >= 0.6 is 11.3 Å². The zero-order valence-corrected chi connectivity index (χ0v) is 17.3. The summed E-state index contributed by atoms with van der Waals surface area (Å²) in [6.45, 7) is 1.51. The summed E-state index contributed by atoms with van der Waals surface area (Å²) in [5.41, 5.74) is 1.79. The number of thiazole rings is 1. The van der Waals surface area contributed by atoms with E-state index in [9.17, 15) is 4.79 Å². The molecule has 2 aromatic carbocycles. The molecule has 0 fully saturated rings. The van der Waals surface area contributed by atoms with Crippen molar-refractivity contribution in [3.8, 4) is 5.75 Å². The van der Waals surface area contributed by atoms with Gasteiger partial charge in [0.25, 0.3) is 5.91 Å². The van der Waals surface area contributed by atoms with Crippen LogP contribution in [0.2, 0.25) is 0 Å². The molecule has 28 heavy (non-hydrogen) atoms. The molecule has 1 aromatic heterocycles. The van der Waals surface area contributed by atoms with E-state index >= 15 is 0 Å². The molecule has 0 spiro atoms. The highest BCUT2D eigenvalue weighted by Crippen LogP contribution is 2.34. The summed E-state index contributed by atoms with van der Waals surface area (Å²) in [5.74, 6) is 0.654. The molecule has 0 aliphatic carbocycles. The van der Waals surface area contributed by atoms with E-state index in [2.05, 4.69) is 4.90 Å². The summed E-state index contributed by atoms with van der Waals surface area (Å²) < 4.78 is 6.43. The quantitative estimate of drug-likeness (QED) is 0.534. The van der Waals surface area contributed by atoms with E-state index in [4.69, 9.17) is 9.72 Å². The predicted octanol–water partition coefficient (Wildman–Crippen LogP) is 4.30. The Labute approximate surface area is 169 Å². The monoisotopic (exact) mass is 395 g/mol. The number of para-hydroxylation sites is 1. The molecule has 0 N–H and O–H groups in total. The van der Waals surface area contributed by atoms with Crippen LogP contribution in [-0.2, 0) is 4.79 Å². The average molecular weight is 396 g/mol. The van der Waals surface area contributed by atoms with Crippen LogP contribution in [0.1, 0.15) is 12.0 Å². The van der Waals surface area contributed by atoms with Gasteiger partial charge in [-0.1, -0.05) is 47.7 Å². The van der Waals surface area contributed by atoms with E-state index in [1.165, 1.54) is 11.3 Å². The number of amides is 1. The largest absolute Gasteiger partial charge is 0.494 e. The maximum Gasteiger partial charge on any atom is 0.252 e. The zero-order valence-electron chi connectivity index (χ0n) is 16.5. The third-order valence-electron chi connectivity index (χ3n) is 4.29. The lowest BCUT2D eigenvalue weighted by Gasteiger charge is -2.19. The van der Waals surface area contributed by atoms with Crippen LogP contribution in [0.25, 0.3) is 16.3 Å². The van der Waals surface area contributed by atoms with Crippen molar-refractivity contribution >= 4 is 38.7 Å². The van der Waals surface area contributed by atoms with Gasteiger partial charge in [-0.3, -0.25) is 9.69 Å². The highest BCUT2D eigenvalue weighted by Gasteiger charge is 2.19. The van der Waals surface area contributed by atoms with Crippen molar-refractivity contribution in [3.05, 3.63) is 60.2 Å². The number of rotatable bonds is 8. The number of methoxy groups -OCH3 is 1. The summed E-state index contributed by atoms with van der Waals surface area (Å²) in [5, 5.41) is 0.695. The van der Waals surface area contributed by atoms with Crippen LogP contribution in [0.4, 0.5) is 5.13 Å². The molecule has 0 radical (unpaired) electrons. The average Bonchev–Trinajstić information content (AvgIpc) is 3.14. The topological polar surface area (TPSA) is 45.7 Å². The van der Waals surface area contributed by atoms with Crippen LogP contribution in [0.15, 0.2) is 54.6 Å². The van der Waals surface area contributed by atoms with Crippen molar-refractivity contribution in [2.75, 3.05) is 39.2 Å². The number of ether oxygens (including phenoxy) is 1. The fourth-order valence-corrected chi connectivity index (χ4v) is 3.87. The summed E-state index contributed by atoms with van der Waals surface area (Å²) in [7, 11) is 5.70. The van der Waals surface area contributed by atoms with Crippen LogP contribution in [-0.4, -0.2) is 50.1 Å². The lowest BCUT2D eigenvalue weighted by Crippen LogP contribution is -2.32. The number of anilines is 1. The van der Waals surface area contributed by atoms with Gasteiger partial charge < -0.3 is 9.64 Å². The summed E-state index contributed by atoms with van der Waals surface area (Å²) >= 11 is 1.51. The van der Waals surface area contributed by atoms with E-state index in [-0.39, 0.29) is 5.91 Å². The Kier molecular flexibility index (Phi) is 6.79. The summed E-state index contributed by atoms with van der Waals surface area (Å²) in [6, 6.07) is 15.7. The molecule has 0 aliphatic rings. The van der Waals surface area contributed by atoms with Crippen molar-refractivity contribution in [2.24, 2.45) is 0 Å². The molecule has 3 aromatic rings. The standard InChI is InChI=1S/C22H25N3O2S/c1-24(2)15-8-16-25(20(26)14-13-17-9-5-4-6-10-17)22-23-21-18(27-3)11-7-12-19(21)28-22/h4-7,9-14H,8,15-16H2,1-3H3. The number of carbonyl (C=O) groups excluding carboxylic acids is 1. The second-order valence-corrected chi connectivity index (χ2v) is 7.70. The predicted molar refractivity (Wildman–Crippen MR) is 117 cm³/mol. The third kappa shape index (κ3) is 4.97. The number of fused-ring (bicyclic) bond motifs is 1. The second-order valence-electron chi connectivity index (χ2n) is 6.69. The fraction of sp³-hybridized carbons (Fsp3) is 0.273. The zero-order chi connectivity index (χ0) is 19.9. The Bertz CT molecular complexity index is 951. The van der Waals surface area contributed by atoms with Gasteiger partial charge in [-0.15, -0.1) is 0 Å². The molecule has 3 rings (SSSR count). The van der Waals surface area contributed by atoms with Gasteiger partial charge in [0.05, 0.1) is 11.8 Å². The van der Waals surface area contributed by atoms with Gasteiger partial charge in [0.2, 0.25) is 0 Å². The molecule has 0 saturated heterocycles. The van der Waals surface area contributed by atoms with Gasteiger partial charge in [-0.25, -0.2) is 4.98 Å². The van der Waals surface area contributed by atoms with Gasteiger partial charge in [0, 0.05) is 12.6 Å². The molecule has 1 amide bonds. The Morgan fingerprint density at radius 2 is 1.89 bits per heavy atom. The maximum absolute atomic E-state index is 13.0. The first-order valence-electron chi connectivity index (χ1n) is 9.21. The van der Waals surface area contributed by atoms with Gasteiger partial charge in [0.15, 0.2) is 5.13 Å². The van der Waals surface area contributed by atoms with Gasteiger partial charge in [-0.05, 0) is 50.8 Å². The minimum absolute atomic E-state index is 0.0689. The van der Waals surface area contributed by atoms with Crippen LogP contribution in [0.3, 0.4) is 0 Å². The Balaban J connectivity index is 1.88. The highest BCUT2D eigenvalue weighted by molar-refractivity contribution is 7.22. The Morgan fingerprint density at radius 1 is 1.11 bits per heavy atom. The summed E-state index contributed by atoms with van der Waals surface area (Å²) in [6.07, 6.45) is 4.33. The van der Waals surface area contributed by atoms with Gasteiger partial charge >= 0.3 is 0 Å². The van der Waals surface area contributed by atoms with Gasteiger partial charge in [-0.2, -0.15) is 0 Å². The molecule has 0 aliphatic heterocycles. The van der Waals surface area contributed by atoms with E-state index in [1.807, 2.05) is 68.7 Å². The number of hydrogen-bond acceptors (Lipinski definition) is 5. The Morgan fingerprint density at radius 3 is 2.61 bits per heavy atom. The number of benzene rings is 2. The summed E-state index contributed by atoms with van der Waals surface area (Å²) in [4.78, 5) is 21.6. The van der Waals surface area contributed by atoms with Crippen molar-refractivity contribution in [3.63, 3.8) is 0 Å². The van der Waals surface area contributed by atoms with Crippen molar-refractivity contribution in [2.45, 2.75) is 6.42 Å². The smallest absolute Gasteiger partial charge is 0.252 e. The first-order chi connectivity index (χ1) is 13.6. The van der Waals surface area contributed by atoms with E-state index in [1.54, 1.807) is 18.1 Å². The van der Waals surface area contributed by atoms with E-state index in [0.29, 0.717) is 11.7 Å². The van der Waals surface area contributed by atoms with Crippen molar-refractivity contribution in [1.82, 2.24) is 9.88 Å². The molecule has 6 heteroatoms. The number of hydrogen-bond donors (Lipinski definition) is 0. The van der Waals surface area contributed by atoms with E-state index in [0.717, 1.165) is 34.5 Å². The first-order valence-corrected chi connectivity index (χ1v) is 10.0. The third-order valence-corrected chi connectivity index (χ3v) is 5.34.